The number of benzene rings is 1. The second-order valence-electron chi connectivity index (χ2n) is 5.53. The van der Waals surface area contributed by atoms with Crippen LogP contribution in [0.4, 0.5) is 0 Å². The number of unbranched alkanes of at least 4 members (excludes halogenated alkanes) is 6. The molecule has 0 radical (unpaired) electrons. The average molecular weight is 358 g/mol. The van der Waals surface area contributed by atoms with Crippen molar-refractivity contribution < 1.29 is 0 Å². The summed E-state index contributed by atoms with van der Waals surface area (Å²) in [7, 11) is 2.21. The van der Waals surface area contributed by atoms with E-state index in [1.165, 1.54) is 61.5 Å². The number of nitrogens with zero attached hydrogens (tertiary/aromatic N) is 1. The fourth-order valence-corrected chi connectivity index (χ4v) is 3.01. The molecule has 0 aliphatic heterocycles. The lowest BCUT2D eigenvalue weighted by Gasteiger charge is -2.17. The molecule has 1 nitrogen and oxygen atoms in total. The van der Waals surface area contributed by atoms with Crippen LogP contribution in [-0.4, -0.2) is 24.2 Å². The molecule has 0 aliphatic carbocycles. The lowest BCUT2D eigenvalue weighted by Crippen LogP contribution is -2.19. The van der Waals surface area contributed by atoms with Crippen LogP contribution in [-0.2, 0) is 6.54 Å². The Bertz CT molecular complexity index is 357. The van der Waals surface area contributed by atoms with Crippen LogP contribution in [0, 0.1) is 0 Å². The number of hydrogen-bond donors (Lipinski definition) is 1. The molecular formula is C17H28BrNS. The summed E-state index contributed by atoms with van der Waals surface area (Å²) in [4.78, 5) is 2.42. The molecule has 114 valence electrons. The number of thiol groups is 1. The van der Waals surface area contributed by atoms with Crippen LogP contribution in [0.3, 0.4) is 0 Å². The summed E-state index contributed by atoms with van der Waals surface area (Å²) >= 11 is 7.86. The number of rotatable bonds is 11. The highest BCUT2D eigenvalue weighted by Crippen LogP contribution is 2.17. The maximum atomic E-state index is 4.24. The first kappa shape index (κ1) is 18.1. The summed E-state index contributed by atoms with van der Waals surface area (Å²) in [5.41, 5.74) is 1.38. The molecule has 20 heavy (non-hydrogen) atoms. The lowest BCUT2D eigenvalue weighted by molar-refractivity contribution is 0.316. The Balaban J connectivity index is 2.03. The molecule has 0 heterocycles. The first-order chi connectivity index (χ1) is 9.74. The molecule has 0 atom stereocenters. The van der Waals surface area contributed by atoms with Crippen molar-refractivity contribution in [1.82, 2.24) is 4.90 Å². The van der Waals surface area contributed by atoms with Gasteiger partial charge >= 0.3 is 0 Å². The Morgan fingerprint density at radius 3 is 2.20 bits per heavy atom. The Morgan fingerprint density at radius 2 is 1.55 bits per heavy atom. The SMILES string of the molecule is CN(CCCCCCCCCS)Cc1ccccc1Br. The molecule has 0 N–H and O–H groups in total. The van der Waals surface area contributed by atoms with Gasteiger partial charge in [0.1, 0.15) is 0 Å². The van der Waals surface area contributed by atoms with Crippen molar-refractivity contribution in [2.75, 3.05) is 19.3 Å². The average Bonchev–Trinajstić information content (AvgIpc) is 2.44. The first-order valence-corrected chi connectivity index (χ1v) is 9.19. The second kappa shape index (κ2) is 11.6. The van der Waals surface area contributed by atoms with Gasteiger partial charge in [-0.3, -0.25) is 0 Å². The van der Waals surface area contributed by atoms with E-state index >= 15 is 0 Å². The van der Waals surface area contributed by atoms with Crippen LogP contribution in [0.2, 0.25) is 0 Å². The fraction of sp³-hybridized carbons (Fsp3) is 0.647. The minimum Gasteiger partial charge on any atom is -0.302 e. The molecule has 0 aliphatic rings. The standard InChI is InChI=1S/C17H28BrNS/c1-19(15-16-11-7-8-12-17(16)18)13-9-5-3-2-4-6-10-14-20/h7-8,11-12,20H,2-6,9-10,13-15H2,1H3. The smallest absolute Gasteiger partial charge is 0.0241 e. The molecule has 1 rings (SSSR count). The highest BCUT2D eigenvalue weighted by atomic mass is 79.9. The molecule has 0 fully saturated rings. The number of halogens is 1. The Kier molecular flexibility index (Phi) is 10.5. The van der Waals surface area contributed by atoms with Crippen molar-refractivity contribution in [3.63, 3.8) is 0 Å². The lowest BCUT2D eigenvalue weighted by atomic mass is 10.1. The van der Waals surface area contributed by atoms with Gasteiger partial charge in [-0.2, -0.15) is 12.6 Å². The first-order valence-electron chi connectivity index (χ1n) is 7.77. The normalized spacial score (nSPS) is 11.2. The van der Waals surface area contributed by atoms with E-state index in [1.807, 2.05) is 0 Å². The van der Waals surface area contributed by atoms with Crippen molar-refractivity contribution in [2.24, 2.45) is 0 Å². The maximum Gasteiger partial charge on any atom is 0.0241 e. The Morgan fingerprint density at radius 1 is 0.950 bits per heavy atom. The highest BCUT2D eigenvalue weighted by Gasteiger charge is 2.03. The number of hydrogen-bond acceptors (Lipinski definition) is 2. The monoisotopic (exact) mass is 357 g/mol. The minimum atomic E-state index is 1.03. The molecule has 1 aromatic rings. The Hall–Kier alpha value is 0.01000. The van der Waals surface area contributed by atoms with E-state index in [0.29, 0.717) is 0 Å². The van der Waals surface area contributed by atoms with E-state index in [2.05, 4.69) is 64.8 Å². The van der Waals surface area contributed by atoms with E-state index in [0.717, 1.165) is 12.3 Å². The van der Waals surface area contributed by atoms with Crippen LogP contribution < -0.4 is 0 Å². The van der Waals surface area contributed by atoms with E-state index in [4.69, 9.17) is 0 Å². The van der Waals surface area contributed by atoms with E-state index < -0.39 is 0 Å². The van der Waals surface area contributed by atoms with E-state index in [1.54, 1.807) is 0 Å². The topological polar surface area (TPSA) is 3.24 Å². The zero-order chi connectivity index (χ0) is 14.6. The molecule has 0 saturated heterocycles. The van der Waals surface area contributed by atoms with Crippen molar-refractivity contribution >= 4 is 28.6 Å². The zero-order valence-corrected chi connectivity index (χ0v) is 15.1. The molecular weight excluding hydrogens is 330 g/mol. The fourth-order valence-electron chi connectivity index (χ4n) is 2.37. The van der Waals surface area contributed by atoms with E-state index in [9.17, 15) is 0 Å². The van der Waals surface area contributed by atoms with Gasteiger partial charge < -0.3 is 4.90 Å². The summed E-state index contributed by atoms with van der Waals surface area (Å²) < 4.78 is 1.22. The van der Waals surface area contributed by atoms with Gasteiger partial charge in [-0.15, -0.1) is 0 Å². The van der Waals surface area contributed by atoms with Crippen molar-refractivity contribution in [3.8, 4) is 0 Å². The van der Waals surface area contributed by atoms with Crippen molar-refractivity contribution in [1.29, 1.82) is 0 Å². The van der Waals surface area contributed by atoms with Crippen molar-refractivity contribution in [3.05, 3.63) is 34.3 Å². The largest absolute Gasteiger partial charge is 0.302 e. The van der Waals surface area contributed by atoms with Gasteiger partial charge in [0, 0.05) is 11.0 Å². The van der Waals surface area contributed by atoms with Crippen LogP contribution in [0.25, 0.3) is 0 Å². The van der Waals surface area contributed by atoms with Gasteiger partial charge in [0.25, 0.3) is 0 Å². The third-order valence-corrected chi connectivity index (χ3v) is 4.69. The summed E-state index contributed by atoms with van der Waals surface area (Å²) in [5.74, 6) is 1.04. The third kappa shape index (κ3) is 8.33. The summed E-state index contributed by atoms with van der Waals surface area (Å²) in [5, 5.41) is 0. The van der Waals surface area contributed by atoms with Crippen molar-refractivity contribution in [2.45, 2.75) is 51.5 Å². The molecule has 0 amide bonds. The van der Waals surface area contributed by atoms with E-state index in [-0.39, 0.29) is 0 Å². The Labute approximate surface area is 138 Å². The molecule has 1 aromatic carbocycles. The third-order valence-electron chi connectivity index (χ3n) is 3.60. The van der Waals surface area contributed by atoms with Crippen LogP contribution >= 0.6 is 28.6 Å². The van der Waals surface area contributed by atoms with Gasteiger partial charge in [0.15, 0.2) is 0 Å². The molecule has 3 heteroatoms. The van der Waals surface area contributed by atoms with Crippen LogP contribution in [0.15, 0.2) is 28.7 Å². The molecule has 0 unspecified atom stereocenters. The predicted molar refractivity (Wildman–Crippen MR) is 96.6 cm³/mol. The van der Waals surface area contributed by atoms with Gasteiger partial charge in [-0.1, -0.05) is 66.2 Å². The summed E-state index contributed by atoms with van der Waals surface area (Å²) in [6, 6.07) is 8.50. The molecule has 0 saturated carbocycles. The summed E-state index contributed by atoms with van der Waals surface area (Å²) in [6.07, 6.45) is 9.46. The quantitative estimate of drug-likeness (QED) is 0.401. The summed E-state index contributed by atoms with van der Waals surface area (Å²) in [6.45, 7) is 2.22. The molecule has 0 bridgehead atoms. The predicted octanol–water partition coefficient (Wildman–Crippen LogP) is 5.54. The molecule has 0 spiro atoms. The van der Waals surface area contributed by atoms with Gasteiger partial charge in [0.05, 0.1) is 0 Å². The van der Waals surface area contributed by atoms with Gasteiger partial charge in [-0.05, 0) is 43.8 Å². The van der Waals surface area contributed by atoms with Crippen LogP contribution in [0.5, 0.6) is 0 Å². The van der Waals surface area contributed by atoms with Gasteiger partial charge in [0.2, 0.25) is 0 Å². The maximum absolute atomic E-state index is 4.24. The molecule has 0 aromatic heterocycles. The highest BCUT2D eigenvalue weighted by molar-refractivity contribution is 9.10. The second-order valence-corrected chi connectivity index (χ2v) is 6.83. The van der Waals surface area contributed by atoms with Crippen LogP contribution in [0.1, 0.15) is 50.5 Å². The zero-order valence-electron chi connectivity index (χ0n) is 12.7. The van der Waals surface area contributed by atoms with Gasteiger partial charge in [-0.25, -0.2) is 0 Å². The minimum absolute atomic E-state index is 1.03.